The molecule has 1 aliphatic heterocycles. The van der Waals surface area contributed by atoms with Gasteiger partial charge in [-0.3, -0.25) is 4.79 Å². The molecule has 0 bridgehead atoms. The molecule has 0 saturated heterocycles. The SMILES string of the molecule is O=C(Cc1ccc(-n2cnnn2)cc1)N1N=C(C(F)F)CC1(O)C(F)F. The number of hydrazone groups is 1. The highest BCUT2D eigenvalue weighted by atomic mass is 19.3. The van der Waals surface area contributed by atoms with E-state index >= 15 is 0 Å². The van der Waals surface area contributed by atoms with E-state index in [1.54, 1.807) is 12.1 Å². The molecule has 1 aliphatic rings. The highest BCUT2D eigenvalue weighted by Crippen LogP contribution is 2.33. The predicted molar refractivity (Wildman–Crippen MR) is 78.7 cm³/mol. The lowest BCUT2D eigenvalue weighted by atomic mass is 10.1. The number of benzene rings is 1. The van der Waals surface area contributed by atoms with Gasteiger partial charge in [-0.05, 0) is 28.1 Å². The zero-order chi connectivity index (χ0) is 18.9. The lowest BCUT2D eigenvalue weighted by molar-refractivity contribution is -0.191. The molecule has 0 fully saturated rings. The number of carbonyl (C=O) groups excluding carboxylic acids is 1. The first-order valence-electron chi connectivity index (χ1n) is 7.32. The predicted octanol–water partition coefficient (Wildman–Crippen LogP) is 1.01. The van der Waals surface area contributed by atoms with Gasteiger partial charge in [0.1, 0.15) is 12.0 Å². The third kappa shape index (κ3) is 3.27. The molecule has 2 heterocycles. The summed E-state index contributed by atoms with van der Waals surface area (Å²) in [5, 5.41) is 23.8. The minimum Gasteiger partial charge on any atom is -0.364 e. The van der Waals surface area contributed by atoms with Crippen molar-refractivity contribution in [2.45, 2.75) is 31.4 Å². The minimum absolute atomic E-state index is 0.0500. The molecule has 1 aromatic carbocycles. The van der Waals surface area contributed by atoms with Gasteiger partial charge in [0.15, 0.2) is 0 Å². The number of rotatable bonds is 5. The highest BCUT2D eigenvalue weighted by Gasteiger charge is 2.53. The van der Waals surface area contributed by atoms with Crippen molar-refractivity contribution in [2.24, 2.45) is 5.10 Å². The Morgan fingerprint density at radius 3 is 2.46 bits per heavy atom. The zero-order valence-electron chi connectivity index (χ0n) is 13.0. The van der Waals surface area contributed by atoms with E-state index in [4.69, 9.17) is 0 Å². The molecular formula is C14H12F4N6O2. The Hall–Kier alpha value is -2.89. The molecule has 12 heteroatoms. The van der Waals surface area contributed by atoms with Crippen LogP contribution in [0.5, 0.6) is 0 Å². The van der Waals surface area contributed by atoms with Crippen molar-refractivity contribution in [3.8, 4) is 5.69 Å². The summed E-state index contributed by atoms with van der Waals surface area (Å²) in [6.45, 7) is 0. The zero-order valence-corrected chi connectivity index (χ0v) is 13.0. The lowest BCUT2D eigenvalue weighted by Gasteiger charge is -2.30. The third-order valence-corrected chi connectivity index (χ3v) is 3.78. The number of hydrogen-bond acceptors (Lipinski definition) is 6. The Morgan fingerprint density at radius 2 is 1.92 bits per heavy atom. The van der Waals surface area contributed by atoms with Crippen LogP contribution in [0.4, 0.5) is 17.6 Å². The maximum absolute atomic E-state index is 13.1. The van der Waals surface area contributed by atoms with Gasteiger partial charge in [-0.15, -0.1) is 5.10 Å². The van der Waals surface area contributed by atoms with Crippen LogP contribution >= 0.6 is 0 Å². The molecule has 1 N–H and O–H groups in total. The summed E-state index contributed by atoms with van der Waals surface area (Å²) >= 11 is 0. The largest absolute Gasteiger partial charge is 0.364 e. The van der Waals surface area contributed by atoms with Crippen LogP contribution in [-0.4, -0.2) is 60.5 Å². The van der Waals surface area contributed by atoms with Gasteiger partial charge in [0.25, 0.3) is 12.9 Å². The molecule has 0 saturated carbocycles. The monoisotopic (exact) mass is 372 g/mol. The van der Waals surface area contributed by atoms with Crippen molar-refractivity contribution >= 4 is 11.6 Å². The molecule has 8 nitrogen and oxygen atoms in total. The van der Waals surface area contributed by atoms with Gasteiger partial charge in [-0.1, -0.05) is 12.1 Å². The number of tetrazole rings is 1. The first kappa shape index (κ1) is 17.9. The summed E-state index contributed by atoms with van der Waals surface area (Å²) in [6, 6.07) is 6.19. The first-order chi connectivity index (χ1) is 12.3. The van der Waals surface area contributed by atoms with E-state index in [0.29, 0.717) is 11.3 Å². The molecule has 3 rings (SSSR count). The molecule has 0 spiro atoms. The van der Waals surface area contributed by atoms with Gasteiger partial charge < -0.3 is 5.11 Å². The fourth-order valence-corrected chi connectivity index (χ4v) is 2.45. The molecule has 1 amide bonds. The highest BCUT2D eigenvalue weighted by molar-refractivity contribution is 5.93. The fraction of sp³-hybridized carbons (Fsp3) is 0.357. The number of aromatic nitrogens is 4. The van der Waals surface area contributed by atoms with Crippen molar-refractivity contribution in [3.05, 3.63) is 36.2 Å². The Labute approximate surface area is 143 Å². The normalized spacial score (nSPS) is 20.1. The number of halogens is 4. The Bertz CT molecular complexity index is 811. The van der Waals surface area contributed by atoms with Gasteiger partial charge in [-0.25, -0.2) is 22.2 Å². The number of hydrogen-bond donors (Lipinski definition) is 1. The second-order valence-electron chi connectivity index (χ2n) is 5.55. The van der Waals surface area contributed by atoms with E-state index in [1.165, 1.54) is 23.1 Å². The van der Waals surface area contributed by atoms with E-state index in [0.717, 1.165) is 0 Å². The number of nitrogens with zero attached hydrogens (tertiary/aromatic N) is 6. The Morgan fingerprint density at radius 1 is 1.23 bits per heavy atom. The van der Waals surface area contributed by atoms with E-state index in [1.807, 2.05) is 0 Å². The van der Waals surface area contributed by atoms with Crippen LogP contribution < -0.4 is 0 Å². The maximum Gasteiger partial charge on any atom is 0.287 e. The average Bonchev–Trinajstić information content (AvgIpc) is 3.24. The fourth-order valence-electron chi connectivity index (χ4n) is 2.45. The summed E-state index contributed by atoms with van der Waals surface area (Å²) < 4.78 is 53.1. The van der Waals surface area contributed by atoms with E-state index < -0.39 is 43.0 Å². The molecule has 1 aromatic heterocycles. The van der Waals surface area contributed by atoms with Crippen LogP contribution in [-0.2, 0) is 11.2 Å². The number of aliphatic hydroxyl groups is 1. The van der Waals surface area contributed by atoms with Crippen molar-refractivity contribution in [1.82, 2.24) is 25.2 Å². The van der Waals surface area contributed by atoms with Gasteiger partial charge in [0.05, 0.1) is 12.1 Å². The molecule has 2 aromatic rings. The second kappa shape index (κ2) is 6.78. The Kier molecular flexibility index (Phi) is 4.68. The summed E-state index contributed by atoms with van der Waals surface area (Å²) in [5.41, 5.74) is -3.04. The van der Waals surface area contributed by atoms with Crippen LogP contribution in [0, 0.1) is 0 Å². The van der Waals surface area contributed by atoms with Crippen LogP contribution in [0.1, 0.15) is 12.0 Å². The molecule has 0 aliphatic carbocycles. The smallest absolute Gasteiger partial charge is 0.287 e. The number of carbonyl (C=O) groups is 1. The second-order valence-corrected chi connectivity index (χ2v) is 5.55. The first-order valence-corrected chi connectivity index (χ1v) is 7.32. The van der Waals surface area contributed by atoms with Gasteiger partial charge >= 0.3 is 0 Å². The summed E-state index contributed by atoms with van der Waals surface area (Å²) in [7, 11) is 0. The van der Waals surface area contributed by atoms with E-state index in [-0.39, 0.29) is 5.01 Å². The van der Waals surface area contributed by atoms with E-state index in [2.05, 4.69) is 20.6 Å². The lowest BCUT2D eigenvalue weighted by Crippen LogP contribution is -2.52. The van der Waals surface area contributed by atoms with E-state index in [9.17, 15) is 27.5 Å². The summed E-state index contributed by atoms with van der Waals surface area (Å²) in [6.07, 6.45) is -6.76. The summed E-state index contributed by atoms with van der Waals surface area (Å²) in [4.78, 5) is 12.3. The topological polar surface area (TPSA) is 96.5 Å². The van der Waals surface area contributed by atoms with Crippen molar-refractivity contribution in [3.63, 3.8) is 0 Å². The summed E-state index contributed by atoms with van der Waals surface area (Å²) in [5.74, 6) is -1.03. The number of amides is 1. The molecular weight excluding hydrogens is 360 g/mol. The van der Waals surface area contributed by atoms with Crippen LogP contribution in [0.15, 0.2) is 35.7 Å². The quantitative estimate of drug-likeness (QED) is 0.791. The van der Waals surface area contributed by atoms with Crippen molar-refractivity contribution in [1.29, 1.82) is 0 Å². The standard InChI is InChI=1S/C14H12F4N6O2/c15-12(16)10-6-14(26,13(17)18)24(20-10)11(25)5-8-1-3-9(4-2-8)23-7-19-21-22-23/h1-4,7,12-13,26H,5-6H2. The molecule has 1 atom stereocenters. The maximum atomic E-state index is 13.1. The number of alkyl halides is 4. The molecule has 26 heavy (non-hydrogen) atoms. The molecule has 1 unspecified atom stereocenters. The van der Waals surface area contributed by atoms with Gasteiger partial charge in [0, 0.05) is 6.42 Å². The van der Waals surface area contributed by atoms with Gasteiger partial charge in [-0.2, -0.15) is 10.1 Å². The molecule has 0 radical (unpaired) electrons. The van der Waals surface area contributed by atoms with Crippen LogP contribution in [0.3, 0.4) is 0 Å². The van der Waals surface area contributed by atoms with Gasteiger partial charge in [0.2, 0.25) is 11.6 Å². The average molecular weight is 372 g/mol. The van der Waals surface area contributed by atoms with Crippen molar-refractivity contribution < 1.29 is 27.5 Å². The van der Waals surface area contributed by atoms with Crippen LogP contribution in [0.25, 0.3) is 5.69 Å². The van der Waals surface area contributed by atoms with Crippen molar-refractivity contribution in [2.75, 3.05) is 0 Å². The van der Waals surface area contributed by atoms with Crippen LogP contribution in [0.2, 0.25) is 0 Å². The minimum atomic E-state index is -3.45. The third-order valence-electron chi connectivity index (χ3n) is 3.78. The Balaban J connectivity index is 1.77. The molecule has 138 valence electrons.